The summed E-state index contributed by atoms with van der Waals surface area (Å²) >= 11 is 6.06. The number of amides is 1. The molecular weight excluding hydrogens is 370 g/mol. The van der Waals surface area contributed by atoms with Crippen molar-refractivity contribution in [2.24, 2.45) is 0 Å². The number of para-hydroxylation sites is 1. The zero-order valence-electron chi connectivity index (χ0n) is 14.7. The summed E-state index contributed by atoms with van der Waals surface area (Å²) in [6, 6.07) is 10.1. The van der Waals surface area contributed by atoms with Crippen LogP contribution in [0.4, 0.5) is 5.69 Å². The van der Waals surface area contributed by atoms with E-state index in [2.05, 4.69) is 15.0 Å². The minimum atomic E-state index is -0.775. The van der Waals surface area contributed by atoms with Crippen LogP contribution in [-0.2, 0) is 16.1 Å². The maximum atomic E-state index is 12.5. The van der Waals surface area contributed by atoms with E-state index in [-0.39, 0.29) is 23.4 Å². The number of fused-ring (bicyclic) bond motifs is 1. The Kier molecular flexibility index (Phi) is 5.23. The predicted octanol–water partition coefficient (Wildman–Crippen LogP) is 2.78. The number of ether oxygens (including phenoxy) is 1. The van der Waals surface area contributed by atoms with Crippen molar-refractivity contribution in [1.29, 1.82) is 0 Å². The average Bonchev–Trinajstić information content (AvgIpc) is 2.65. The van der Waals surface area contributed by atoms with E-state index >= 15 is 0 Å². The van der Waals surface area contributed by atoms with Crippen molar-refractivity contribution in [2.75, 3.05) is 12.4 Å². The Morgan fingerprint density at radius 2 is 1.96 bits per heavy atom. The first-order valence-corrected chi connectivity index (χ1v) is 8.42. The predicted molar refractivity (Wildman–Crippen MR) is 102 cm³/mol. The second kappa shape index (κ2) is 7.59. The molecule has 0 spiro atoms. The van der Waals surface area contributed by atoms with Crippen LogP contribution in [-0.4, -0.2) is 28.5 Å². The van der Waals surface area contributed by atoms with Gasteiger partial charge in [-0.1, -0.05) is 23.7 Å². The monoisotopic (exact) mass is 385 g/mol. The lowest BCUT2D eigenvalue weighted by Crippen LogP contribution is -2.25. The third-order valence-electron chi connectivity index (χ3n) is 3.93. The molecule has 1 aromatic carbocycles. The van der Waals surface area contributed by atoms with Crippen molar-refractivity contribution in [2.45, 2.75) is 13.5 Å². The van der Waals surface area contributed by atoms with Gasteiger partial charge in [-0.25, -0.2) is 9.78 Å². The number of rotatable bonds is 4. The number of hydrogen-bond acceptors (Lipinski definition) is 5. The summed E-state index contributed by atoms with van der Waals surface area (Å²) in [6.07, 6.45) is 1.29. The Labute approximate surface area is 159 Å². The van der Waals surface area contributed by atoms with E-state index in [4.69, 9.17) is 11.6 Å². The van der Waals surface area contributed by atoms with E-state index in [1.165, 1.54) is 17.9 Å². The van der Waals surface area contributed by atoms with E-state index in [0.717, 1.165) is 0 Å². The Morgan fingerprint density at radius 1 is 1.22 bits per heavy atom. The molecule has 0 saturated carbocycles. The minimum Gasteiger partial charge on any atom is -0.465 e. The lowest BCUT2D eigenvalue weighted by molar-refractivity contribution is -0.116. The zero-order valence-corrected chi connectivity index (χ0v) is 15.4. The number of pyridine rings is 2. The number of halogens is 1. The maximum absolute atomic E-state index is 12.5. The first-order valence-electron chi connectivity index (χ1n) is 8.04. The van der Waals surface area contributed by atoms with Crippen molar-refractivity contribution in [1.82, 2.24) is 9.55 Å². The molecule has 1 N–H and O–H groups in total. The highest BCUT2D eigenvalue weighted by Crippen LogP contribution is 2.20. The van der Waals surface area contributed by atoms with Crippen molar-refractivity contribution < 1.29 is 14.3 Å². The van der Waals surface area contributed by atoms with E-state index in [1.807, 2.05) is 0 Å². The van der Waals surface area contributed by atoms with E-state index in [1.54, 1.807) is 43.3 Å². The third kappa shape index (κ3) is 3.83. The normalized spacial score (nSPS) is 10.6. The van der Waals surface area contributed by atoms with Gasteiger partial charge < -0.3 is 14.6 Å². The van der Waals surface area contributed by atoms with Crippen LogP contribution in [0.2, 0.25) is 5.02 Å². The van der Waals surface area contributed by atoms with Gasteiger partial charge in [0.2, 0.25) is 11.3 Å². The van der Waals surface area contributed by atoms with Gasteiger partial charge in [0, 0.05) is 11.9 Å². The molecule has 0 aliphatic heterocycles. The fourth-order valence-corrected chi connectivity index (χ4v) is 2.83. The molecule has 0 radical (unpaired) electrons. The number of benzene rings is 1. The molecule has 0 aliphatic rings. The fraction of sp³-hybridized carbons (Fsp3) is 0.158. The van der Waals surface area contributed by atoms with Crippen molar-refractivity contribution in [3.63, 3.8) is 0 Å². The van der Waals surface area contributed by atoms with Gasteiger partial charge in [-0.2, -0.15) is 0 Å². The van der Waals surface area contributed by atoms with Crippen molar-refractivity contribution in [3.05, 3.63) is 69.1 Å². The van der Waals surface area contributed by atoms with Crippen LogP contribution in [0.3, 0.4) is 0 Å². The number of nitrogens with zero attached hydrogens (tertiary/aromatic N) is 2. The number of carbonyl (C=O) groups is 2. The molecule has 1 amide bonds. The molecule has 27 heavy (non-hydrogen) atoms. The molecule has 0 atom stereocenters. The largest absolute Gasteiger partial charge is 0.465 e. The molecule has 2 heterocycles. The van der Waals surface area contributed by atoms with Crippen molar-refractivity contribution in [3.8, 4) is 0 Å². The van der Waals surface area contributed by atoms with Crippen LogP contribution in [0, 0.1) is 6.92 Å². The van der Waals surface area contributed by atoms with Crippen LogP contribution < -0.4 is 10.7 Å². The number of aromatic nitrogens is 2. The van der Waals surface area contributed by atoms with Gasteiger partial charge in [0.25, 0.3) is 0 Å². The smallest absolute Gasteiger partial charge is 0.343 e. The number of esters is 1. The van der Waals surface area contributed by atoms with Gasteiger partial charge in [-0.15, -0.1) is 0 Å². The summed E-state index contributed by atoms with van der Waals surface area (Å²) in [6.45, 7) is 1.61. The molecule has 8 heteroatoms. The molecular formula is C19H16ClN3O4. The Morgan fingerprint density at radius 3 is 2.67 bits per heavy atom. The van der Waals surface area contributed by atoms with Crippen LogP contribution in [0.25, 0.3) is 11.0 Å². The molecule has 3 rings (SSSR count). The average molecular weight is 386 g/mol. The Balaban J connectivity index is 2.04. The third-order valence-corrected chi connectivity index (χ3v) is 4.26. The number of hydrogen-bond donors (Lipinski definition) is 1. The van der Waals surface area contributed by atoms with Crippen LogP contribution in [0.1, 0.15) is 16.1 Å². The minimum absolute atomic E-state index is 0.164. The number of anilines is 1. The first-order chi connectivity index (χ1) is 12.9. The fourth-order valence-electron chi connectivity index (χ4n) is 2.64. The highest BCUT2D eigenvalue weighted by atomic mass is 35.5. The van der Waals surface area contributed by atoms with Crippen LogP contribution in [0.5, 0.6) is 0 Å². The molecule has 138 valence electrons. The molecule has 2 aromatic heterocycles. The Bertz CT molecular complexity index is 1110. The SMILES string of the molecule is COC(=O)c1cn(CC(=O)Nc2ccccc2Cl)c2nc(C)ccc2c1=O. The number of methoxy groups -OCH3 is 1. The number of aryl methyl sites for hydroxylation is 1. The molecule has 0 fully saturated rings. The van der Waals surface area contributed by atoms with E-state index in [9.17, 15) is 14.4 Å². The van der Waals surface area contributed by atoms with Gasteiger partial charge in [0.1, 0.15) is 17.8 Å². The van der Waals surface area contributed by atoms with Gasteiger partial charge in [0.15, 0.2) is 0 Å². The lowest BCUT2D eigenvalue weighted by Gasteiger charge is -2.13. The highest BCUT2D eigenvalue weighted by Gasteiger charge is 2.18. The molecule has 7 nitrogen and oxygen atoms in total. The summed E-state index contributed by atoms with van der Waals surface area (Å²) in [4.78, 5) is 41.3. The van der Waals surface area contributed by atoms with Gasteiger partial charge in [-0.05, 0) is 31.2 Å². The van der Waals surface area contributed by atoms with Crippen LogP contribution >= 0.6 is 11.6 Å². The highest BCUT2D eigenvalue weighted by molar-refractivity contribution is 6.33. The summed E-state index contributed by atoms with van der Waals surface area (Å²) in [5.74, 6) is -1.16. The van der Waals surface area contributed by atoms with Gasteiger partial charge in [-0.3, -0.25) is 9.59 Å². The van der Waals surface area contributed by atoms with Gasteiger partial charge in [0.05, 0.1) is 23.2 Å². The summed E-state index contributed by atoms with van der Waals surface area (Å²) < 4.78 is 6.12. The molecule has 0 unspecified atom stereocenters. The second-order valence-corrected chi connectivity index (χ2v) is 6.25. The van der Waals surface area contributed by atoms with E-state index < -0.39 is 11.4 Å². The standard InChI is InChI=1S/C19H16ClN3O4/c1-11-7-8-12-17(25)13(19(26)27-2)9-23(18(12)21-11)10-16(24)22-15-6-4-3-5-14(15)20/h3-9H,10H2,1-2H3,(H,22,24). The topological polar surface area (TPSA) is 90.3 Å². The van der Waals surface area contributed by atoms with Crippen molar-refractivity contribution >= 4 is 40.2 Å². The van der Waals surface area contributed by atoms with E-state index in [0.29, 0.717) is 22.1 Å². The molecule has 3 aromatic rings. The quantitative estimate of drug-likeness (QED) is 0.697. The van der Waals surface area contributed by atoms with Gasteiger partial charge >= 0.3 is 5.97 Å². The first kappa shape index (κ1) is 18.6. The number of nitrogens with one attached hydrogen (secondary N) is 1. The lowest BCUT2D eigenvalue weighted by atomic mass is 10.2. The Hall–Kier alpha value is -3.19. The summed E-state index contributed by atoms with van der Waals surface area (Å²) in [5.41, 5.74) is 0.787. The molecule has 0 aliphatic carbocycles. The molecule has 0 saturated heterocycles. The van der Waals surface area contributed by atoms with Crippen LogP contribution in [0.15, 0.2) is 47.4 Å². The second-order valence-electron chi connectivity index (χ2n) is 5.84. The number of carbonyl (C=O) groups excluding carboxylic acids is 2. The zero-order chi connectivity index (χ0) is 19.6. The summed E-state index contributed by atoms with van der Waals surface area (Å²) in [7, 11) is 1.19. The maximum Gasteiger partial charge on any atom is 0.343 e. The molecule has 0 bridgehead atoms. The summed E-state index contributed by atoms with van der Waals surface area (Å²) in [5, 5.41) is 3.33.